The van der Waals surface area contributed by atoms with Gasteiger partial charge in [0.2, 0.25) is 11.8 Å². The minimum atomic E-state index is -0.979. The first-order valence-corrected chi connectivity index (χ1v) is 14.1. The monoisotopic (exact) mass is 570 g/mol. The third-order valence-corrected chi connectivity index (χ3v) is 7.54. The van der Waals surface area contributed by atoms with Crippen LogP contribution < -0.4 is 24.6 Å². The first kappa shape index (κ1) is 27.5. The summed E-state index contributed by atoms with van der Waals surface area (Å²) in [4.78, 5) is 31.9. The molecule has 2 aliphatic heterocycles. The van der Waals surface area contributed by atoms with Crippen LogP contribution in [0.1, 0.15) is 24.4 Å². The van der Waals surface area contributed by atoms with Crippen LogP contribution in [0.2, 0.25) is 0 Å². The third kappa shape index (κ3) is 5.73. The van der Waals surface area contributed by atoms with E-state index in [0.29, 0.717) is 54.6 Å². The van der Waals surface area contributed by atoms with Crippen molar-refractivity contribution in [2.45, 2.75) is 31.5 Å². The van der Waals surface area contributed by atoms with Crippen LogP contribution in [-0.4, -0.2) is 73.4 Å². The average molecular weight is 571 g/mol. The Balaban J connectivity index is 1.41. The highest BCUT2D eigenvalue weighted by Gasteiger charge is 2.34. The number of hydrogen-bond acceptors (Lipinski definition) is 8. The second kappa shape index (κ2) is 12.1. The molecule has 3 aromatic carbocycles. The van der Waals surface area contributed by atoms with E-state index < -0.39 is 6.04 Å². The predicted octanol–water partition coefficient (Wildman–Crippen LogP) is 3.34. The van der Waals surface area contributed by atoms with Crippen LogP contribution in [0, 0.1) is 0 Å². The van der Waals surface area contributed by atoms with Crippen LogP contribution >= 0.6 is 0 Å². The lowest BCUT2D eigenvalue weighted by Gasteiger charge is -2.33. The summed E-state index contributed by atoms with van der Waals surface area (Å²) in [6.07, 6.45) is 1.79. The number of aromatic nitrogens is 3. The Labute approximate surface area is 243 Å². The molecule has 0 radical (unpaired) electrons. The lowest BCUT2D eigenvalue weighted by Crippen LogP contribution is -2.46. The van der Waals surface area contributed by atoms with Crippen LogP contribution in [-0.2, 0) is 20.9 Å². The number of amides is 2. The second-order valence-corrected chi connectivity index (χ2v) is 10.6. The van der Waals surface area contributed by atoms with Gasteiger partial charge in [-0.15, -0.1) is 5.10 Å². The zero-order valence-corrected chi connectivity index (χ0v) is 23.7. The zero-order valence-electron chi connectivity index (χ0n) is 23.7. The molecule has 11 nitrogen and oxygen atoms in total. The molecule has 0 spiro atoms. The van der Waals surface area contributed by atoms with Gasteiger partial charge >= 0.3 is 0 Å². The maximum Gasteiger partial charge on any atom is 0.249 e. The number of anilines is 2. The molecule has 1 N–H and O–H groups in total. The normalized spacial score (nSPS) is 16.7. The van der Waals surface area contributed by atoms with Gasteiger partial charge in [0.25, 0.3) is 0 Å². The van der Waals surface area contributed by atoms with E-state index in [1.807, 2.05) is 67.5 Å². The molecule has 6 rings (SSSR count). The molecule has 3 heterocycles. The van der Waals surface area contributed by atoms with E-state index in [-0.39, 0.29) is 24.5 Å². The molecule has 2 amide bonds. The minimum Gasteiger partial charge on any atom is -0.486 e. The van der Waals surface area contributed by atoms with Gasteiger partial charge in [-0.25, -0.2) is 4.68 Å². The molecular formula is C31H34N6O5. The van der Waals surface area contributed by atoms with Crippen LogP contribution in [0.3, 0.4) is 0 Å². The molecule has 2 atom stereocenters. The van der Waals surface area contributed by atoms with E-state index in [4.69, 9.17) is 14.2 Å². The molecule has 0 aliphatic carbocycles. The van der Waals surface area contributed by atoms with Gasteiger partial charge in [0.05, 0.1) is 11.6 Å². The predicted molar refractivity (Wildman–Crippen MR) is 158 cm³/mol. The number of para-hydroxylation sites is 1. The number of nitrogens with zero attached hydrogens (tertiary/aromatic N) is 5. The molecule has 0 saturated carbocycles. The summed E-state index contributed by atoms with van der Waals surface area (Å²) in [5.74, 6) is 0.463. The summed E-state index contributed by atoms with van der Waals surface area (Å²) in [7, 11) is 3.91. The number of carbonyl (C=O) groups is 2. The van der Waals surface area contributed by atoms with E-state index in [0.717, 1.165) is 24.0 Å². The highest BCUT2D eigenvalue weighted by atomic mass is 16.6. The van der Waals surface area contributed by atoms with Gasteiger partial charge in [0.1, 0.15) is 31.3 Å². The molecule has 2 aliphatic rings. The fourth-order valence-corrected chi connectivity index (χ4v) is 5.35. The van der Waals surface area contributed by atoms with Gasteiger partial charge in [0.15, 0.2) is 11.5 Å². The largest absolute Gasteiger partial charge is 0.486 e. The number of benzene rings is 3. The van der Waals surface area contributed by atoms with Crippen molar-refractivity contribution in [1.82, 2.24) is 20.3 Å². The molecule has 42 heavy (non-hydrogen) atoms. The zero-order chi connectivity index (χ0) is 29.1. The molecule has 0 bridgehead atoms. The Hall–Kier alpha value is -4.64. The molecule has 218 valence electrons. The van der Waals surface area contributed by atoms with E-state index in [9.17, 15) is 9.59 Å². The number of rotatable bonds is 9. The summed E-state index contributed by atoms with van der Waals surface area (Å²) in [6.45, 7) is 1.76. The van der Waals surface area contributed by atoms with Crippen molar-refractivity contribution in [2.75, 3.05) is 50.3 Å². The fourth-order valence-electron chi connectivity index (χ4n) is 5.35. The Morgan fingerprint density at radius 1 is 0.976 bits per heavy atom. The van der Waals surface area contributed by atoms with Crippen LogP contribution in [0.5, 0.6) is 11.5 Å². The summed E-state index contributed by atoms with van der Waals surface area (Å²) in [6, 6.07) is 19.4. The Kier molecular flexibility index (Phi) is 7.91. The number of fused-ring (bicyclic) bond motifs is 2. The van der Waals surface area contributed by atoms with E-state index in [1.54, 1.807) is 22.9 Å². The number of carbonyl (C=O) groups excluding carboxylic acids is 2. The van der Waals surface area contributed by atoms with Gasteiger partial charge in [-0.05, 0) is 54.8 Å². The molecular weight excluding hydrogens is 536 g/mol. The van der Waals surface area contributed by atoms with Crippen molar-refractivity contribution >= 4 is 34.2 Å². The van der Waals surface area contributed by atoms with Crippen molar-refractivity contribution in [2.24, 2.45) is 0 Å². The van der Waals surface area contributed by atoms with Gasteiger partial charge in [-0.3, -0.25) is 14.5 Å². The summed E-state index contributed by atoms with van der Waals surface area (Å²) < 4.78 is 18.9. The molecule has 11 heteroatoms. The lowest BCUT2D eigenvalue weighted by atomic mass is 10.0. The highest BCUT2D eigenvalue weighted by molar-refractivity contribution is 6.02. The Morgan fingerprint density at radius 2 is 1.74 bits per heavy atom. The van der Waals surface area contributed by atoms with Crippen molar-refractivity contribution in [3.8, 4) is 11.5 Å². The first-order valence-electron chi connectivity index (χ1n) is 14.1. The van der Waals surface area contributed by atoms with Crippen molar-refractivity contribution < 1.29 is 23.8 Å². The van der Waals surface area contributed by atoms with Crippen molar-refractivity contribution in [3.63, 3.8) is 0 Å². The smallest absolute Gasteiger partial charge is 0.249 e. The van der Waals surface area contributed by atoms with Gasteiger partial charge < -0.3 is 24.4 Å². The first-order chi connectivity index (χ1) is 20.5. The Morgan fingerprint density at radius 3 is 2.50 bits per heavy atom. The summed E-state index contributed by atoms with van der Waals surface area (Å²) in [5.41, 5.74) is 3.55. The van der Waals surface area contributed by atoms with Crippen molar-refractivity contribution in [3.05, 3.63) is 72.3 Å². The number of nitrogens with one attached hydrogen (secondary N) is 1. The number of ether oxygens (including phenoxy) is 3. The molecule has 2 unspecified atom stereocenters. The van der Waals surface area contributed by atoms with E-state index in [2.05, 4.69) is 15.6 Å². The molecule has 1 aromatic heterocycles. The quantitative estimate of drug-likeness (QED) is 0.326. The third-order valence-electron chi connectivity index (χ3n) is 7.54. The van der Waals surface area contributed by atoms with Crippen LogP contribution in [0.25, 0.3) is 11.0 Å². The van der Waals surface area contributed by atoms with Gasteiger partial charge in [-0.1, -0.05) is 29.5 Å². The summed E-state index contributed by atoms with van der Waals surface area (Å²) >= 11 is 0. The molecule has 1 fully saturated rings. The molecule has 1 saturated heterocycles. The maximum absolute atomic E-state index is 14.3. The van der Waals surface area contributed by atoms with Gasteiger partial charge in [0, 0.05) is 44.7 Å². The topological polar surface area (TPSA) is 111 Å². The Bertz CT molecular complexity index is 1560. The average Bonchev–Trinajstić information content (AvgIpc) is 3.69. The highest BCUT2D eigenvalue weighted by Crippen LogP contribution is 2.37. The van der Waals surface area contributed by atoms with Crippen LogP contribution in [0.15, 0.2) is 66.7 Å². The summed E-state index contributed by atoms with van der Waals surface area (Å²) in [5, 5.41) is 11.5. The maximum atomic E-state index is 14.3. The lowest BCUT2D eigenvalue weighted by molar-refractivity contribution is -0.127. The van der Waals surface area contributed by atoms with Crippen molar-refractivity contribution in [1.29, 1.82) is 0 Å². The van der Waals surface area contributed by atoms with E-state index in [1.165, 1.54) is 4.90 Å². The molecule has 4 aromatic rings. The minimum absolute atomic E-state index is 0.0503. The standard InChI is InChI=1S/C31H34N6O5/c1-35(2)22-11-9-21(10-12-22)30(31(39)32-19-24-6-5-15-40-24)37(23-13-14-27-28(18-23)42-17-16-41-27)29(38)20-36-26-8-4-3-7-25(26)33-34-36/h3-4,7-14,18,24,30H,5-6,15-17,19-20H2,1-2H3,(H,32,39). The van der Waals surface area contributed by atoms with Crippen LogP contribution in [0.4, 0.5) is 11.4 Å². The SMILES string of the molecule is CN(C)c1ccc(C(C(=O)NCC2CCCO2)N(C(=O)Cn2nnc3ccccc32)c2ccc3c(c2)OCCO3)cc1. The second-order valence-electron chi connectivity index (χ2n) is 10.6. The van der Waals surface area contributed by atoms with E-state index >= 15 is 0 Å². The number of hydrogen-bond donors (Lipinski definition) is 1. The van der Waals surface area contributed by atoms with Gasteiger partial charge in [-0.2, -0.15) is 0 Å². The fraction of sp³-hybridized carbons (Fsp3) is 0.355.